The molecule has 15 aliphatic rings. The standard InChI is InChI=1S/C14H25N.C13H23N.2C10H19N.C10H23N.2C9H21N.2C8H17N.2C8H19N.C7H15N.C7H17N.C6H15N/c1-10(2)15-9-14-6-11-3-12(7-14)5-13(4-11)8-14;1-9(2)14-13-6-10-3-11(7-13)5-12(4-10)8-13;2*1-7(2)11-10-6-8-3-4-9(10)5-8;1-8(2)11-10(6,7)9(3,4)5;1-7(2)10-8(3)9(4,5)6;1-7(2)9(5,6)10-8(3)4;1-7(2)9(3)8-5-4-6-8;1-7(2)9-8(3)5-4-6-8;1-7(2)9(6)8(3,4)5;1-6-8(4,5)9-7(2)3;1-6(2)8-7-4-3-5-7;1-5-7(4)8-6(2)3;1-5(2)7-6(3)4/h10-13,15H,3-9H2,1-2H3;9-12,14H,3-8H2,1-2H3;2*7-11H,3-6H2,1-2H3;8,11H,1-7H3;2*7-8,10H,1-6H3;7-8H,4-6H2,1-3H3;7,9H,4-6H2,1-3H3;7H,1-6H3;7,9H,6H2,1-5H3;6-8H,3-5H2,1-2H3;6-8H,5H2,1-4H3;5-7H,1-4H3. The van der Waals surface area contributed by atoms with Gasteiger partial charge >= 0.3 is 0 Å². The van der Waals surface area contributed by atoms with Crippen LogP contribution in [0.15, 0.2) is 0 Å². The van der Waals surface area contributed by atoms with Gasteiger partial charge in [0.2, 0.25) is 0 Å². The van der Waals surface area contributed by atoms with E-state index in [1.165, 1.54) is 148 Å². The fourth-order valence-electron chi connectivity index (χ4n) is 25.0. The molecule has 0 aromatic carbocycles. The molecule has 0 aromatic rings. The van der Waals surface area contributed by atoms with Gasteiger partial charge < -0.3 is 68.7 Å². The molecule has 8 atom stereocenters. The minimum absolute atomic E-state index is 0.209. The SMILES string of the molecule is CC(C)N(C)C(C)(C)C.CC(C)N(C)C1CCC1.CC(C)NC(C)(C)C(C)(C)C.CC(C)NC(C)(C)C(C)C.CC(C)NC(C)C.CC(C)NC(C)C(C)(C)C.CC(C)NC1(C)CCC1.CC(C)NC12CC3CC(CC(C3)C1)C2.CC(C)NC1CC2CCC1C2.CC(C)NC1CC2CCC1C2.CC(C)NC1CCC1.CC(C)NCC12CC3CC(CC(C3)C1)C2.CCC(C)(C)NC(C)C.CCC(C)NC(C)C. The molecule has 0 heterocycles. The van der Waals surface area contributed by atoms with Gasteiger partial charge in [-0.15, -0.1) is 0 Å². The molecule has 0 aromatic heterocycles. The second kappa shape index (κ2) is 67.2. The second-order valence-corrected chi connectivity index (χ2v) is 58.9. The van der Waals surface area contributed by atoms with Crippen molar-refractivity contribution in [2.75, 3.05) is 20.6 Å². The van der Waals surface area contributed by atoms with Crippen LogP contribution in [0.1, 0.15) is 559 Å². The minimum atomic E-state index is 0.209. The van der Waals surface area contributed by atoms with Crippen LogP contribution in [0.2, 0.25) is 0 Å². The Kier molecular flexibility index (Phi) is 66.9. The molecule has 8 unspecified atom stereocenters. The lowest BCUT2D eigenvalue weighted by Crippen LogP contribution is -2.59. The summed E-state index contributed by atoms with van der Waals surface area (Å²) in [7, 11) is 4.39. The van der Waals surface area contributed by atoms with E-state index in [0.717, 1.165) is 94.8 Å². The predicted molar refractivity (Wildman–Crippen MR) is 638 cm³/mol. The zero-order valence-corrected chi connectivity index (χ0v) is 106. The van der Waals surface area contributed by atoms with Crippen molar-refractivity contribution >= 4 is 0 Å². The van der Waals surface area contributed by atoms with Crippen LogP contribution in [-0.4, -0.2) is 191 Å². The monoisotopic (exact) mass is 1990 g/mol. The van der Waals surface area contributed by atoms with Gasteiger partial charge in [-0.3, -0.25) is 4.90 Å². The number of hydrogen-bond donors (Lipinski definition) is 12. The van der Waals surface area contributed by atoms with Gasteiger partial charge in [0.15, 0.2) is 0 Å². The van der Waals surface area contributed by atoms with Crippen LogP contribution in [0, 0.1) is 81.3 Å². The molecule has 12 bridgehead atoms. The molecule has 141 heavy (non-hydrogen) atoms. The van der Waals surface area contributed by atoms with Gasteiger partial charge in [0.05, 0.1) is 0 Å². The lowest BCUT2D eigenvalue weighted by molar-refractivity contribution is -0.0520. The van der Waals surface area contributed by atoms with Crippen molar-refractivity contribution in [3.05, 3.63) is 0 Å². The second-order valence-electron chi connectivity index (χ2n) is 58.9. The van der Waals surface area contributed by atoms with Crippen LogP contribution in [0.25, 0.3) is 0 Å². The van der Waals surface area contributed by atoms with Crippen LogP contribution in [-0.2, 0) is 0 Å². The predicted octanol–water partition coefficient (Wildman–Crippen LogP) is 31.0. The van der Waals surface area contributed by atoms with Crippen LogP contribution in [0.3, 0.4) is 0 Å². The number of nitrogens with zero attached hydrogens (tertiary/aromatic N) is 2. The molecule has 0 aliphatic heterocycles. The fourth-order valence-corrected chi connectivity index (χ4v) is 25.0. The maximum Gasteiger partial charge on any atom is 0.0191 e. The molecular weight excluding hydrogens is 1720 g/mol. The van der Waals surface area contributed by atoms with Gasteiger partial charge in [0.1, 0.15) is 0 Å². The summed E-state index contributed by atoms with van der Waals surface area (Å²) in [5.41, 5.74) is 3.59. The van der Waals surface area contributed by atoms with E-state index in [2.05, 4.69) is 448 Å². The Bertz CT molecular complexity index is 2880. The topological polar surface area (TPSA) is 151 Å². The van der Waals surface area contributed by atoms with Crippen molar-refractivity contribution in [2.24, 2.45) is 81.3 Å². The Balaban J connectivity index is 0.00000150. The van der Waals surface area contributed by atoms with Crippen molar-refractivity contribution < 1.29 is 0 Å². The third-order valence-electron chi connectivity index (χ3n) is 34.3. The molecule has 15 aliphatic carbocycles. The number of nitrogens with one attached hydrogen (secondary N) is 12. The highest BCUT2D eigenvalue weighted by molar-refractivity contribution is 5.08. The summed E-state index contributed by atoms with van der Waals surface area (Å²) in [6.45, 7) is 117. The Morgan fingerprint density at radius 2 is 0.716 bits per heavy atom. The lowest BCUT2D eigenvalue weighted by Gasteiger charge is -2.57. The van der Waals surface area contributed by atoms with Gasteiger partial charge in [-0.1, -0.05) is 275 Å². The Morgan fingerprint density at radius 3 is 0.879 bits per heavy atom. The van der Waals surface area contributed by atoms with E-state index in [4.69, 9.17) is 0 Å². The normalized spacial score (nSPS) is 27.0. The van der Waals surface area contributed by atoms with Crippen molar-refractivity contribution in [3.8, 4) is 0 Å². The van der Waals surface area contributed by atoms with Gasteiger partial charge in [-0.05, 0) is 380 Å². The Morgan fingerprint density at radius 1 is 0.340 bits per heavy atom. The summed E-state index contributed by atoms with van der Waals surface area (Å²) in [6.07, 6.45) is 45.5. The first-order chi connectivity index (χ1) is 64.4. The summed E-state index contributed by atoms with van der Waals surface area (Å²) in [6, 6.07) is 14.4. The zero-order chi connectivity index (χ0) is 109. The largest absolute Gasteiger partial charge is 0.314 e. The molecule has 15 rings (SSSR count). The van der Waals surface area contributed by atoms with E-state index < -0.39 is 0 Å². The molecular formula is C127H270N14. The summed E-state index contributed by atoms with van der Waals surface area (Å²) < 4.78 is 0. The Labute approximate surface area is 889 Å². The first-order valence-corrected chi connectivity index (χ1v) is 61.1. The molecule has 14 heteroatoms. The van der Waals surface area contributed by atoms with Crippen molar-refractivity contribution in [1.29, 1.82) is 0 Å². The molecule has 0 saturated heterocycles. The molecule has 12 N–H and O–H groups in total. The van der Waals surface area contributed by atoms with Crippen molar-refractivity contribution in [1.82, 2.24) is 73.6 Å². The first kappa shape index (κ1) is 140. The average Bonchev–Trinajstić information content (AvgIpc) is 1.69. The van der Waals surface area contributed by atoms with Gasteiger partial charge in [0, 0.05) is 167 Å². The first-order valence-electron chi connectivity index (χ1n) is 61.1. The molecule has 848 valence electrons. The smallest absolute Gasteiger partial charge is 0.0191 e. The van der Waals surface area contributed by atoms with Gasteiger partial charge in [0.25, 0.3) is 0 Å². The van der Waals surface area contributed by atoms with E-state index in [-0.39, 0.29) is 11.1 Å². The summed E-state index contributed by atoms with van der Waals surface area (Å²) in [4.78, 5) is 4.83. The number of hydrogen-bond acceptors (Lipinski definition) is 14. The van der Waals surface area contributed by atoms with E-state index in [1.54, 1.807) is 57.8 Å². The maximum atomic E-state index is 3.89. The van der Waals surface area contributed by atoms with Crippen LogP contribution >= 0.6 is 0 Å². The lowest BCUT2D eigenvalue weighted by atomic mass is 9.49. The third kappa shape index (κ3) is 61.8. The highest BCUT2D eigenvalue weighted by Crippen LogP contribution is 2.60. The minimum Gasteiger partial charge on any atom is -0.314 e. The molecule has 15 saturated carbocycles. The third-order valence-corrected chi connectivity index (χ3v) is 34.3. The summed E-state index contributed by atoms with van der Waals surface area (Å²) >= 11 is 0. The molecule has 0 spiro atoms. The number of fused-ring (bicyclic) bond motifs is 4. The van der Waals surface area contributed by atoms with Crippen LogP contribution in [0.5, 0.6) is 0 Å². The maximum absolute atomic E-state index is 3.89. The quantitative estimate of drug-likeness (QED) is 0.0319. The zero-order valence-electron chi connectivity index (χ0n) is 106. The molecule has 0 radical (unpaired) electrons. The fraction of sp³-hybridized carbons (Fsp3) is 1.00. The molecule has 0 amide bonds. The summed E-state index contributed by atoms with van der Waals surface area (Å²) in [5.74, 6) is 11.4. The van der Waals surface area contributed by atoms with E-state index >= 15 is 0 Å². The van der Waals surface area contributed by atoms with Crippen molar-refractivity contribution in [3.63, 3.8) is 0 Å². The summed E-state index contributed by atoms with van der Waals surface area (Å²) in [5, 5.41) is 42.7. The number of rotatable bonds is 31. The van der Waals surface area contributed by atoms with E-state index in [9.17, 15) is 0 Å². The highest BCUT2D eigenvalue weighted by Gasteiger charge is 2.53. The average molecular weight is 1990 g/mol. The highest BCUT2D eigenvalue weighted by atomic mass is 15.2. The molecule has 14 nitrogen and oxygen atoms in total. The van der Waals surface area contributed by atoms with Crippen LogP contribution < -0.4 is 63.8 Å². The van der Waals surface area contributed by atoms with Crippen LogP contribution in [0.4, 0.5) is 0 Å². The van der Waals surface area contributed by atoms with E-state index in [0.29, 0.717) is 136 Å². The molecule has 15 fully saturated rings. The van der Waals surface area contributed by atoms with E-state index in [1.807, 2.05) is 0 Å². The van der Waals surface area contributed by atoms with Gasteiger partial charge in [-0.2, -0.15) is 0 Å². The Hall–Kier alpha value is -0.560. The van der Waals surface area contributed by atoms with Crippen molar-refractivity contribution in [2.45, 2.75) is 719 Å². The van der Waals surface area contributed by atoms with Gasteiger partial charge in [-0.25, -0.2) is 0 Å².